The van der Waals surface area contributed by atoms with Gasteiger partial charge in [0.25, 0.3) is 0 Å². The number of hydrogen-bond donors (Lipinski definition) is 1. The van der Waals surface area contributed by atoms with Gasteiger partial charge in [0, 0.05) is 35.7 Å². The third-order valence-electron chi connectivity index (χ3n) is 3.38. The summed E-state index contributed by atoms with van der Waals surface area (Å²) in [7, 11) is -3.25. The Morgan fingerprint density at radius 1 is 1.24 bits per heavy atom. The maximum Gasteiger partial charge on any atom is 0.227 e. The molecule has 0 fully saturated rings. The van der Waals surface area contributed by atoms with Crippen LogP contribution in [0, 0.1) is 0 Å². The molecular weight excluding hydrogens is 362 g/mol. The maximum atomic E-state index is 12.0. The number of carbonyl (C=O) groups excluding carboxylic acids is 1. The van der Waals surface area contributed by atoms with Gasteiger partial charge >= 0.3 is 0 Å². The second-order valence-electron chi connectivity index (χ2n) is 5.37. The summed E-state index contributed by atoms with van der Waals surface area (Å²) in [4.78, 5) is 16.4. The Morgan fingerprint density at radius 2 is 2.00 bits per heavy atom. The Hall–Kier alpha value is -2.52. The fraction of sp³-hybridized carbons (Fsp3) is 0.188. The van der Waals surface area contributed by atoms with Crippen LogP contribution in [-0.2, 0) is 21.1 Å². The van der Waals surface area contributed by atoms with E-state index in [-0.39, 0.29) is 17.2 Å². The lowest BCUT2D eigenvalue weighted by molar-refractivity contribution is -0.116. The minimum absolute atomic E-state index is 0.180. The second-order valence-corrected chi connectivity index (χ2v) is 8.16. The first-order valence-corrected chi connectivity index (χ1v) is 10.2. The molecule has 0 unspecified atom stereocenters. The first kappa shape index (κ1) is 17.3. The van der Waals surface area contributed by atoms with Gasteiger partial charge in [-0.3, -0.25) is 4.79 Å². The van der Waals surface area contributed by atoms with Crippen molar-refractivity contribution in [2.45, 2.75) is 17.7 Å². The monoisotopic (exact) mass is 377 g/mol. The van der Waals surface area contributed by atoms with Crippen molar-refractivity contribution in [1.82, 2.24) is 10.1 Å². The smallest absolute Gasteiger partial charge is 0.227 e. The van der Waals surface area contributed by atoms with Crippen molar-refractivity contribution in [2.75, 3.05) is 11.6 Å². The number of aromatic nitrogens is 2. The molecule has 0 aliphatic rings. The Labute approximate surface area is 148 Å². The molecule has 3 aromatic rings. The van der Waals surface area contributed by atoms with Gasteiger partial charge in [-0.15, -0.1) is 0 Å². The van der Waals surface area contributed by atoms with Gasteiger partial charge in [0.05, 0.1) is 4.90 Å². The molecule has 0 saturated heterocycles. The Morgan fingerprint density at radius 3 is 2.64 bits per heavy atom. The molecule has 130 valence electrons. The predicted molar refractivity (Wildman–Crippen MR) is 94.1 cm³/mol. The van der Waals surface area contributed by atoms with E-state index in [2.05, 4.69) is 15.5 Å². The predicted octanol–water partition coefficient (Wildman–Crippen LogP) is 2.77. The lowest BCUT2D eigenvalue weighted by Crippen LogP contribution is -2.12. The van der Waals surface area contributed by atoms with Crippen molar-refractivity contribution in [3.63, 3.8) is 0 Å². The Kier molecular flexibility index (Phi) is 4.95. The molecule has 9 heteroatoms. The quantitative estimate of drug-likeness (QED) is 0.709. The van der Waals surface area contributed by atoms with Gasteiger partial charge in [0.2, 0.25) is 17.6 Å². The van der Waals surface area contributed by atoms with Crippen LogP contribution in [0.2, 0.25) is 0 Å². The average Bonchev–Trinajstić information content (AvgIpc) is 3.24. The summed E-state index contributed by atoms with van der Waals surface area (Å²) in [5.41, 5.74) is 1.41. The van der Waals surface area contributed by atoms with Gasteiger partial charge in [-0.1, -0.05) is 5.16 Å². The van der Waals surface area contributed by atoms with Crippen molar-refractivity contribution < 1.29 is 17.7 Å². The molecule has 7 nitrogen and oxygen atoms in total. The number of sulfone groups is 1. The summed E-state index contributed by atoms with van der Waals surface area (Å²) in [5, 5.41) is 10.4. The van der Waals surface area contributed by atoms with Gasteiger partial charge in [0.1, 0.15) is 0 Å². The Balaban J connectivity index is 1.55. The molecule has 0 radical (unpaired) electrons. The van der Waals surface area contributed by atoms with Crippen LogP contribution < -0.4 is 5.32 Å². The van der Waals surface area contributed by atoms with Crippen LogP contribution in [0.5, 0.6) is 0 Å². The van der Waals surface area contributed by atoms with E-state index in [0.717, 1.165) is 11.8 Å². The SMILES string of the molecule is CS(=O)(=O)c1ccc(NC(=O)CCc2nc(-c3ccsc3)no2)cc1. The van der Waals surface area contributed by atoms with Gasteiger partial charge in [-0.2, -0.15) is 16.3 Å². The summed E-state index contributed by atoms with van der Waals surface area (Å²) in [5.74, 6) is 0.680. The van der Waals surface area contributed by atoms with Gasteiger partial charge in [0.15, 0.2) is 9.84 Å². The zero-order valence-electron chi connectivity index (χ0n) is 13.3. The summed E-state index contributed by atoms with van der Waals surface area (Å²) in [6.45, 7) is 0. The fourth-order valence-corrected chi connectivity index (χ4v) is 3.36. The summed E-state index contributed by atoms with van der Waals surface area (Å²) >= 11 is 1.54. The van der Waals surface area contributed by atoms with E-state index in [1.54, 1.807) is 23.5 Å². The number of nitrogens with zero attached hydrogens (tertiary/aromatic N) is 2. The van der Waals surface area contributed by atoms with Crippen LogP contribution in [0.3, 0.4) is 0 Å². The average molecular weight is 377 g/mol. The number of nitrogens with one attached hydrogen (secondary N) is 1. The van der Waals surface area contributed by atoms with E-state index in [4.69, 9.17) is 4.52 Å². The molecule has 1 amide bonds. The summed E-state index contributed by atoms with van der Waals surface area (Å²) in [6, 6.07) is 7.91. The van der Waals surface area contributed by atoms with E-state index >= 15 is 0 Å². The van der Waals surface area contributed by atoms with Crippen molar-refractivity contribution in [1.29, 1.82) is 0 Å². The van der Waals surface area contributed by atoms with Crippen molar-refractivity contribution in [3.8, 4) is 11.4 Å². The molecular formula is C16H15N3O4S2. The maximum absolute atomic E-state index is 12.0. The van der Waals surface area contributed by atoms with Crippen molar-refractivity contribution in [2.24, 2.45) is 0 Å². The number of thiophene rings is 1. The minimum atomic E-state index is -3.25. The van der Waals surface area contributed by atoms with Crippen LogP contribution in [0.4, 0.5) is 5.69 Å². The highest BCUT2D eigenvalue weighted by molar-refractivity contribution is 7.90. The lowest BCUT2D eigenvalue weighted by atomic mass is 10.2. The van der Waals surface area contributed by atoms with Crippen molar-refractivity contribution in [3.05, 3.63) is 47.0 Å². The highest BCUT2D eigenvalue weighted by Gasteiger charge is 2.12. The molecule has 0 bridgehead atoms. The van der Waals surface area contributed by atoms with E-state index in [1.165, 1.54) is 12.1 Å². The molecule has 0 spiro atoms. The molecule has 0 aliphatic carbocycles. The highest BCUT2D eigenvalue weighted by atomic mass is 32.2. The zero-order valence-corrected chi connectivity index (χ0v) is 14.9. The van der Waals surface area contributed by atoms with Crippen LogP contribution >= 0.6 is 11.3 Å². The number of carbonyl (C=O) groups is 1. The number of amides is 1. The van der Waals surface area contributed by atoms with Crippen molar-refractivity contribution >= 4 is 32.8 Å². The van der Waals surface area contributed by atoms with Crippen LogP contribution in [0.15, 0.2) is 50.5 Å². The first-order valence-electron chi connectivity index (χ1n) is 7.37. The minimum Gasteiger partial charge on any atom is -0.339 e. The van der Waals surface area contributed by atoms with Crippen LogP contribution in [-0.4, -0.2) is 30.7 Å². The molecule has 0 atom stereocenters. The lowest BCUT2D eigenvalue weighted by Gasteiger charge is -2.05. The van der Waals surface area contributed by atoms with Crippen LogP contribution in [0.1, 0.15) is 12.3 Å². The Bertz CT molecular complexity index is 961. The summed E-state index contributed by atoms with van der Waals surface area (Å²) < 4.78 is 27.9. The second kappa shape index (κ2) is 7.16. The van der Waals surface area contributed by atoms with Gasteiger partial charge < -0.3 is 9.84 Å². The number of benzene rings is 1. The number of aryl methyl sites for hydroxylation is 1. The molecule has 0 aliphatic heterocycles. The van der Waals surface area contributed by atoms with E-state index in [9.17, 15) is 13.2 Å². The van der Waals surface area contributed by atoms with E-state index in [0.29, 0.717) is 23.8 Å². The van der Waals surface area contributed by atoms with E-state index < -0.39 is 9.84 Å². The normalized spacial score (nSPS) is 11.4. The fourth-order valence-electron chi connectivity index (χ4n) is 2.09. The molecule has 2 heterocycles. The number of rotatable bonds is 6. The summed E-state index contributed by atoms with van der Waals surface area (Å²) in [6.07, 6.45) is 1.64. The third-order valence-corrected chi connectivity index (χ3v) is 5.19. The number of anilines is 1. The largest absolute Gasteiger partial charge is 0.339 e. The molecule has 1 aromatic carbocycles. The topological polar surface area (TPSA) is 102 Å². The standard InChI is InChI=1S/C16H15N3O4S2/c1-25(21,22)13-4-2-12(3-5-13)17-14(20)6-7-15-18-16(19-23-15)11-8-9-24-10-11/h2-5,8-10H,6-7H2,1H3,(H,17,20). The zero-order chi connectivity index (χ0) is 17.9. The third kappa shape index (κ3) is 4.52. The first-order chi connectivity index (χ1) is 11.9. The number of hydrogen-bond acceptors (Lipinski definition) is 7. The molecule has 2 aromatic heterocycles. The van der Waals surface area contributed by atoms with E-state index in [1.807, 2.05) is 16.8 Å². The molecule has 25 heavy (non-hydrogen) atoms. The van der Waals surface area contributed by atoms with Crippen LogP contribution in [0.25, 0.3) is 11.4 Å². The molecule has 3 rings (SSSR count). The highest BCUT2D eigenvalue weighted by Crippen LogP contribution is 2.19. The molecule has 0 saturated carbocycles. The van der Waals surface area contributed by atoms with Gasteiger partial charge in [-0.25, -0.2) is 8.42 Å². The van der Waals surface area contributed by atoms with Gasteiger partial charge in [-0.05, 0) is 35.7 Å². The molecule has 1 N–H and O–H groups in total.